The Morgan fingerprint density at radius 2 is 1.83 bits per heavy atom. The van der Waals surface area contributed by atoms with Gasteiger partial charge in [-0.1, -0.05) is 50.6 Å². The fraction of sp³-hybridized carbons (Fsp3) is 0.609. The summed E-state index contributed by atoms with van der Waals surface area (Å²) in [5.74, 6) is -0.00267. The van der Waals surface area contributed by atoms with Crippen LogP contribution in [-0.4, -0.2) is 36.3 Å². The first-order valence-electron chi connectivity index (χ1n) is 10.3. The van der Waals surface area contributed by atoms with Crippen LogP contribution in [0, 0.1) is 11.3 Å². The molecule has 1 saturated heterocycles. The molecule has 0 bridgehead atoms. The molecule has 0 aliphatic carbocycles. The molecule has 1 aromatic carbocycles. The molecule has 1 aromatic rings. The highest BCUT2D eigenvalue weighted by atomic mass is 35.5. The molecule has 0 N–H and O–H groups in total. The molecule has 1 aliphatic heterocycles. The number of nitrogens with zero attached hydrogens (tertiary/aromatic N) is 1. The van der Waals surface area contributed by atoms with Gasteiger partial charge in [-0.15, -0.1) is 6.58 Å². The summed E-state index contributed by atoms with van der Waals surface area (Å²) in [7, 11) is -3.31. The highest BCUT2D eigenvalue weighted by molar-refractivity contribution is 7.92. The molecule has 2 rings (SSSR count). The first-order chi connectivity index (χ1) is 13.4. The largest absolute Gasteiger partial charge is 0.331 e. The van der Waals surface area contributed by atoms with Crippen molar-refractivity contribution < 1.29 is 13.2 Å². The standard InChI is InChI=1S/C23H34ClNO3S/c1-7-13-23(6)14-12-20(18-8-10-19(24)11-9-18)25(22(23)26)21(16(2)3)15-29(27,28)17(4)5/h7-11,16-17,20-21H,1,12-15H2,2-6H3. The summed E-state index contributed by atoms with van der Waals surface area (Å²) >= 11 is 6.07. The van der Waals surface area contributed by atoms with E-state index in [1.807, 2.05) is 49.9 Å². The van der Waals surface area contributed by atoms with Gasteiger partial charge in [-0.25, -0.2) is 8.42 Å². The number of piperidine rings is 1. The van der Waals surface area contributed by atoms with E-state index in [1.165, 1.54) is 0 Å². The maximum atomic E-state index is 13.7. The van der Waals surface area contributed by atoms with E-state index in [1.54, 1.807) is 19.9 Å². The second-order valence-electron chi connectivity index (χ2n) is 9.06. The maximum Gasteiger partial charge on any atom is 0.229 e. The van der Waals surface area contributed by atoms with Crippen LogP contribution in [-0.2, 0) is 14.6 Å². The normalized spacial score (nSPS) is 24.2. The third kappa shape index (κ3) is 5.24. The van der Waals surface area contributed by atoms with Gasteiger partial charge in [0.15, 0.2) is 9.84 Å². The number of sulfone groups is 1. The van der Waals surface area contributed by atoms with Gasteiger partial charge in [0.05, 0.1) is 22.5 Å². The van der Waals surface area contributed by atoms with Crippen LogP contribution < -0.4 is 0 Å². The summed E-state index contributed by atoms with van der Waals surface area (Å²) < 4.78 is 25.6. The van der Waals surface area contributed by atoms with Crippen LogP contribution >= 0.6 is 11.6 Å². The van der Waals surface area contributed by atoms with Crippen molar-refractivity contribution in [1.29, 1.82) is 0 Å². The van der Waals surface area contributed by atoms with Crippen LogP contribution in [0.5, 0.6) is 0 Å². The number of allylic oxidation sites excluding steroid dienone is 1. The lowest BCUT2D eigenvalue weighted by atomic mass is 9.74. The summed E-state index contributed by atoms with van der Waals surface area (Å²) in [6.45, 7) is 13.2. The molecular weight excluding hydrogens is 406 g/mol. The molecule has 0 spiro atoms. The third-order valence-corrected chi connectivity index (χ3v) is 8.65. The highest BCUT2D eigenvalue weighted by Crippen LogP contribution is 2.45. The third-order valence-electron chi connectivity index (χ3n) is 6.15. The van der Waals surface area contributed by atoms with Crippen molar-refractivity contribution in [2.75, 3.05) is 5.75 Å². The zero-order valence-electron chi connectivity index (χ0n) is 18.2. The second kappa shape index (κ2) is 9.22. The smallest absolute Gasteiger partial charge is 0.229 e. The van der Waals surface area contributed by atoms with Gasteiger partial charge < -0.3 is 4.90 Å². The lowest BCUT2D eigenvalue weighted by Gasteiger charge is -2.49. The number of hydrogen-bond donors (Lipinski definition) is 0. The summed E-state index contributed by atoms with van der Waals surface area (Å²) in [5, 5.41) is 0.166. The lowest BCUT2D eigenvalue weighted by molar-refractivity contribution is -0.153. The molecule has 0 saturated carbocycles. The number of rotatable bonds is 8. The molecule has 4 nitrogen and oxygen atoms in total. The average molecular weight is 440 g/mol. The van der Waals surface area contributed by atoms with Gasteiger partial charge in [-0.2, -0.15) is 0 Å². The molecule has 1 aliphatic rings. The SMILES string of the molecule is C=CCC1(C)CCC(c2ccc(Cl)cc2)N(C(CS(=O)(=O)C(C)C)C(C)C)C1=O. The topological polar surface area (TPSA) is 54.5 Å². The highest BCUT2D eigenvalue weighted by Gasteiger charge is 2.47. The Kier molecular flexibility index (Phi) is 7.61. The number of halogens is 1. The van der Waals surface area contributed by atoms with Crippen molar-refractivity contribution in [3.63, 3.8) is 0 Å². The van der Waals surface area contributed by atoms with E-state index in [2.05, 4.69) is 6.58 Å². The summed E-state index contributed by atoms with van der Waals surface area (Å²) in [5.41, 5.74) is 0.440. The molecule has 0 radical (unpaired) electrons. The molecule has 29 heavy (non-hydrogen) atoms. The Hall–Kier alpha value is -1.33. The molecule has 162 valence electrons. The molecular formula is C23H34ClNO3S. The minimum absolute atomic E-state index is 0.00774. The van der Waals surface area contributed by atoms with Gasteiger partial charge in [0.25, 0.3) is 0 Å². The molecule has 1 fully saturated rings. The van der Waals surface area contributed by atoms with Crippen molar-refractivity contribution in [2.24, 2.45) is 11.3 Å². The number of benzene rings is 1. The quantitative estimate of drug-likeness (QED) is 0.507. The van der Waals surface area contributed by atoms with E-state index in [4.69, 9.17) is 11.6 Å². The Morgan fingerprint density at radius 1 is 1.24 bits per heavy atom. The molecule has 3 atom stereocenters. The predicted octanol–water partition coefficient (Wildman–Crippen LogP) is 5.43. The summed E-state index contributed by atoms with van der Waals surface area (Å²) in [4.78, 5) is 15.6. The van der Waals surface area contributed by atoms with Crippen molar-refractivity contribution in [2.45, 2.75) is 71.2 Å². The Morgan fingerprint density at radius 3 is 2.31 bits per heavy atom. The fourth-order valence-electron chi connectivity index (χ4n) is 4.08. The molecule has 1 heterocycles. The van der Waals surface area contributed by atoms with Gasteiger partial charge in [-0.05, 0) is 56.7 Å². The van der Waals surface area contributed by atoms with E-state index >= 15 is 0 Å². The number of amides is 1. The lowest BCUT2D eigenvalue weighted by Crippen LogP contribution is -2.56. The van der Waals surface area contributed by atoms with Gasteiger partial charge in [0, 0.05) is 11.1 Å². The van der Waals surface area contributed by atoms with Crippen LogP contribution in [0.4, 0.5) is 0 Å². The van der Waals surface area contributed by atoms with Crippen molar-refractivity contribution in [3.05, 3.63) is 47.5 Å². The minimum Gasteiger partial charge on any atom is -0.331 e. The first-order valence-corrected chi connectivity index (χ1v) is 12.4. The minimum atomic E-state index is -3.31. The van der Waals surface area contributed by atoms with Crippen LogP contribution in [0.2, 0.25) is 5.02 Å². The van der Waals surface area contributed by atoms with E-state index in [0.717, 1.165) is 18.4 Å². The Balaban J connectivity index is 2.55. The maximum absolute atomic E-state index is 13.7. The fourth-order valence-corrected chi connectivity index (χ4v) is 5.61. The number of likely N-dealkylation sites (tertiary alicyclic amines) is 1. The Bertz CT molecular complexity index is 832. The van der Waals surface area contributed by atoms with E-state index in [9.17, 15) is 13.2 Å². The second-order valence-corrected chi connectivity index (χ2v) is 12.1. The van der Waals surface area contributed by atoms with E-state index < -0.39 is 20.5 Å². The van der Waals surface area contributed by atoms with Gasteiger partial charge in [0.2, 0.25) is 5.91 Å². The Labute approximate surface area is 181 Å². The number of carbonyl (C=O) groups is 1. The van der Waals surface area contributed by atoms with Gasteiger partial charge >= 0.3 is 0 Å². The number of carbonyl (C=O) groups excluding carboxylic acids is 1. The zero-order valence-corrected chi connectivity index (χ0v) is 19.8. The zero-order chi connectivity index (χ0) is 22.0. The summed E-state index contributed by atoms with van der Waals surface area (Å²) in [6.07, 6.45) is 3.89. The monoisotopic (exact) mass is 439 g/mol. The summed E-state index contributed by atoms with van der Waals surface area (Å²) in [6, 6.07) is 6.99. The predicted molar refractivity (Wildman–Crippen MR) is 121 cm³/mol. The van der Waals surface area contributed by atoms with Gasteiger partial charge in [-0.3, -0.25) is 4.79 Å². The van der Waals surface area contributed by atoms with Crippen molar-refractivity contribution in [3.8, 4) is 0 Å². The van der Waals surface area contributed by atoms with Gasteiger partial charge in [0.1, 0.15) is 0 Å². The average Bonchev–Trinajstić information content (AvgIpc) is 2.63. The number of hydrogen-bond acceptors (Lipinski definition) is 3. The van der Waals surface area contributed by atoms with E-state index in [0.29, 0.717) is 11.4 Å². The van der Waals surface area contributed by atoms with Crippen LogP contribution in [0.25, 0.3) is 0 Å². The van der Waals surface area contributed by atoms with Crippen LogP contribution in [0.1, 0.15) is 65.5 Å². The molecule has 3 unspecified atom stereocenters. The molecule has 1 amide bonds. The molecule has 6 heteroatoms. The molecule has 0 aromatic heterocycles. The van der Waals surface area contributed by atoms with E-state index in [-0.39, 0.29) is 29.7 Å². The van der Waals surface area contributed by atoms with Crippen LogP contribution in [0.3, 0.4) is 0 Å². The van der Waals surface area contributed by atoms with Crippen LogP contribution in [0.15, 0.2) is 36.9 Å². The first kappa shape index (κ1) is 23.9. The van der Waals surface area contributed by atoms with Crippen molar-refractivity contribution >= 4 is 27.3 Å². The van der Waals surface area contributed by atoms with Crippen molar-refractivity contribution in [1.82, 2.24) is 4.90 Å².